The monoisotopic (exact) mass is 334 g/mol. The molecule has 0 aliphatic heterocycles. The smallest absolute Gasteiger partial charge is 0.326 e. The maximum atomic E-state index is 12.4. The predicted octanol–water partition coefficient (Wildman–Crippen LogP) is 2.97. The number of para-hydroxylation sites is 1. The molecule has 2 N–H and O–H groups in total. The second-order valence-electron chi connectivity index (χ2n) is 5.97. The van der Waals surface area contributed by atoms with E-state index in [1.54, 1.807) is 6.07 Å². The van der Waals surface area contributed by atoms with Crippen molar-refractivity contribution in [1.29, 1.82) is 0 Å². The van der Waals surface area contributed by atoms with Gasteiger partial charge in [-0.05, 0) is 24.6 Å². The Kier molecular flexibility index (Phi) is 4.75. The maximum Gasteiger partial charge on any atom is 0.326 e. The zero-order valence-electron chi connectivity index (χ0n) is 13.8. The normalized spacial score (nSPS) is 11.9. The Labute approximate surface area is 145 Å². The molecule has 126 valence electrons. The fourth-order valence-electron chi connectivity index (χ4n) is 2.71. The predicted molar refractivity (Wildman–Crippen MR) is 95.5 cm³/mol. The molecule has 3 rings (SSSR count). The molecule has 1 atom stereocenters. The second kappa shape index (κ2) is 7.13. The van der Waals surface area contributed by atoms with E-state index < -0.39 is 17.9 Å². The standard InChI is InChI=1S/C20H18N2O3/c1-13-5-4-6-14(9-13)10-18(20(24)25)22-19(23)16-11-15-7-2-3-8-17(15)21-12-16/h2-9,11-12,18H,10H2,1H3,(H,22,23)(H,24,25)/t18-/m1/s1. The average Bonchev–Trinajstić information content (AvgIpc) is 2.60. The summed E-state index contributed by atoms with van der Waals surface area (Å²) in [6.45, 7) is 1.94. The lowest BCUT2D eigenvalue weighted by molar-refractivity contribution is -0.139. The summed E-state index contributed by atoms with van der Waals surface area (Å²) in [4.78, 5) is 28.2. The molecular weight excluding hydrogens is 316 g/mol. The largest absolute Gasteiger partial charge is 0.480 e. The van der Waals surface area contributed by atoms with Crippen LogP contribution in [0.5, 0.6) is 0 Å². The van der Waals surface area contributed by atoms with E-state index in [4.69, 9.17) is 0 Å². The molecule has 0 aliphatic carbocycles. The number of amides is 1. The summed E-state index contributed by atoms with van der Waals surface area (Å²) in [6.07, 6.45) is 1.69. The molecule has 5 heteroatoms. The summed E-state index contributed by atoms with van der Waals surface area (Å²) in [5.74, 6) is -1.51. The van der Waals surface area contributed by atoms with Crippen LogP contribution in [0.15, 0.2) is 60.8 Å². The first kappa shape index (κ1) is 16.6. The van der Waals surface area contributed by atoms with Crippen molar-refractivity contribution < 1.29 is 14.7 Å². The number of benzene rings is 2. The van der Waals surface area contributed by atoms with Crippen LogP contribution in [-0.2, 0) is 11.2 Å². The van der Waals surface area contributed by atoms with Crippen LogP contribution in [0.3, 0.4) is 0 Å². The van der Waals surface area contributed by atoms with Gasteiger partial charge in [0.05, 0.1) is 11.1 Å². The van der Waals surface area contributed by atoms with E-state index in [0.717, 1.165) is 22.0 Å². The molecule has 0 spiro atoms. The highest BCUT2D eigenvalue weighted by atomic mass is 16.4. The molecule has 0 radical (unpaired) electrons. The summed E-state index contributed by atoms with van der Waals surface area (Å²) in [5.41, 5.74) is 3.04. The van der Waals surface area contributed by atoms with Crippen molar-refractivity contribution in [1.82, 2.24) is 10.3 Å². The second-order valence-corrected chi connectivity index (χ2v) is 5.97. The number of nitrogens with one attached hydrogen (secondary N) is 1. The quantitative estimate of drug-likeness (QED) is 0.752. The molecule has 1 aromatic heterocycles. The van der Waals surface area contributed by atoms with Crippen molar-refractivity contribution >= 4 is 22.8 Å². The Balaban J connectivity index is 1.78. The fraction of sp³-hybridized carbons (Fsp3) is 0.150. The molecule has 0 fully saturated rings. The van der Waals surface area contributed by atoms with Gasteiger partial charge in [-0.3, -0.25) is 9.78 Å². The Hall–Kier alpha value is -3.21. The number of pyridine rings is 1. The maximum absolute atomic E-state index is 12.4. The van der Waals surface area contributed by atoms with Crippen LogP contribution >= 0.6 is 0 Å². The van der Waals surface area contributed by atoms with Crippen LogP contribution in [0, 0.1) is 6.92 Å². The molecule has 0 saturated heterocycles. The SMILES string of the molecule is Cc1cccc(C[C@@H](NC(=O)c2cnc3ccccc3c2)C(=O)O)c1. The van der Waals surface area contributed by atoms with Crippen molar-refractivity contribution in [3.05, 3.63) is 77.5 Å². The first-order valence-corrected chi connectivity index (χ1v) is 7.97. The molecule has 5 nitrogen and oxygen atoms in total. The van der Waals surface area contributed by atoms with E-state index >= 15 is 0 Å². The van der Waals surface area contributed by atoms with Crippen molar-refractivity contribution in [2.75, 3.05) is 0 Å². The molecule has 25 heavy (non-hydrogen) atoms. The number of aryl methyl sites for hydroxylation is 1. The minimum absolute atomic E-state index is 0.226. The number of hydrogen-bond donors (Lipinski definition) is 2. The number of rotatable bonds is 5. The number of aliphatic carboxylic acids is 1. The third-order valence-electron chi connectivity index (χ3n) is 3.98. The number of carboxylic acids is 1. The summed E-state index contributed by atoms with van der Waals surface area (Å²) < 4.78 is 0. The van der Waals surface area contributed by atoms with Crippen molar-refractivity contribution in [2.24, 2.45) is 0 Å². The van der Waals surface area contributed by atoms with E-state index in [2.05, 4.69) is 10.3 Å². The molecule has 3 aromatic rings. The molecule has 1 heterocycles. The lowest BCUT2D eigenvalue weighted by atomic mass is 10.0. The Morgan fingerprint density at radius 3 is 2.68 bits per heavy atom. The van der Waals surface area contributed by atoms with Gasteiger partial charge in [0.25, 0.3) is 5.91 Å². The third-order valence-corrected chi connectivity index (χ3v) is 3.98. The summed E-state index contributed by atoms with van der Waals surface area (Å²) in [6, 6.07) is 15.8. The van der Waals surface area contributed by atoms with Gasteiger partial charge in [-0.15, -0.1) is 0 Å². The summed E-state index contributed by atoms with van der Waals surface area (Å²) in [5, 5.41) is 12.9. The lowest BCUT2D eigenvalue weighted by Crippen LogP contribution is -2.42. The number of carbonyl (C=O) groups is 2. The topological polar surface area (TPSA) is 79.3 Å². The number of carbonyl (C=O) groups excluding carboxylic acids is 1. The molecule has 2 aromatic carbocycles. The number of fused-ring (bicyclic) bond motifs is 1. The van der Waals surface area contributed by atoms with Gasteiger partial charge >= 0.3 is 5.97 Å². The highest BCUT2D eigenvalue weighted by Crippen LogP contribution is 2.13. The molecule has 0 aliphatic rings. The number of hydrogen-bond acceptors (Lipinski definition) is 3. The van der Waals surface area contributed by atoms with Crippen molar-refractivity contribution in [2.45, 2.75) is 19.4 Å². The molecular formula is C20H18N2O3. The van der Waals surface area contributed by atoms with Crippen LogP contribution in [0.25, 0.3) is 10.9 Å². The van der Waals surface area contributed by atoms with Crippen molar-refractivity contribution in [3.63, 3.8) is 0 Å². The zero-order valence-corrected chi connectivity index (χ0v) is 13.8. The Bertz CT molecular complexity index is 937. The third kappa shape index (κ3) is 4.01. The van der Waals surface area contributed by atoms with E-state index in [1.165, 1.54) is 6.20 Å². The summed E-state index contributed by atoms with van der Waals surface area (Å²) in [7, 11) is 0. The van der Waals surface area contributed by atoms with Gasteiger partial charge in [0.15, 0.2) is 0 Å². The van der Waals surface area contributed by atoms with Crippen LogP contribution in [0.2, 0.25) is 0 Å². The van der Waals surface area contributed by atoms with E-state index in [0.29, 0.717) is 5.56 Å². The average molecular weight is 334 g/mol. The molecule has 0 bridgehead atoms. The van der Waals surface area contributed by atoms with Gasteiger partial charge in [0, 0.05) is 18.0 Å². The van der Waals surface area contributed by atoms with Crippen LogP contribution < -0.4 is 5.32 Å². The number of carboxylic acid groups (broad SMARTS) is 1. The highest BCUT2D eigenvalue weighted by molar-refractivity contribution is 5.99. The fourth-order valence-corrected chi connectivity index (χ4v) is 2.71. The Morgan fingerprint density at radius 2 is 1.92 bits per heavy atom. The Morgan fingerprint density at radius 1 is 1.12 bits per heavy atom. The van der Waals surface area contributed by atoms with Gasteiger partial charge in [0.1, 0.15) is 6.04 Å². The number of aromatic nitrogens is 1. The van der Waals surface area contributed by atoms with Gasteiger partial charge in [-0.1, -0.05) is 48.0 Å². The van der Waals surface area contributed by atoms with E-state index in [-0.39, 0.29) is 6.42 Å². The minimum Gasteiger partial charge on any atom is -0.480 e. The number of nitrogens with zero attached hydrogens (tertiary/aromatic N) is 1. The highest BCUT2D eigenvalue weighted by Gasteiger charge is 2.21. The zero-order chi connectivity index (χ0) is 17.8. The summed E-state index contributed by atoms with van der Waals surface area (Å²) >= 11 is 0. The van der Waals surface area contributed by atoms with Gasteiger partial charge < -0.3 is 10.4 Å². The first-order valence-electron chi connectivity index (χ1n) is 7.97. The van der Waals surface area contributed by atoms with Crippen LogP contribution in [0.1, 0.15) is 21.5 Å². The van der Waals surface area contributed by atoms with Gasteiger partial charge in [-0.25, -0.2) is 4.79 Å². The van der Waals surface area contributed by atoms with Crippen LogP contribution in [-0.4, -0.2) is 28.0 Å². The van der Waals surface area contributed by atoms with Gasteiger partial charge in [-0.2, -0.15) is 0 Å². The molecule has 0 unspecified atom stereocenters. The molecule has 0 saturated carbocycles. The van der Waals surface area contributed by atoms with Crippen molar-refractivity contribution in [3.8, 4) is 0 Å². The molecule has 1 amide bonds. The first-order chi connectivity index (χ1) is 12.0. The van der Waals surface area contributed by atoms with Crippen LogP contribution in [0.4, 0.5) is 0 Å². The van der Waals surface area contributed by atoms with E-state index in [1.807, 2.05) is 55.5 Å². The van der Waals surface area contributed by atoms with Gasteiger partial charge in [0.2, 0.25) is 0 Å². The van der Waals surface area contributed by atoms with E-state index in [9.17, 15) is 14.7 Å². The lowest BCUT2D eigenvalue weighted by Gasteiger charge is -2.15. The minimum atomic E-state index is -1.07.